The number of rotatable bonds is 1. The summed E-state index contributed by atoms with van der Waals surface area (Å²) in [5.74, 6) is 0. The van der Waals surface area contributed by atoms with Crippen LogP contribution in [0.5, 0.6) is 0 Å². The normalized spacial score (nSPS) is 15.0. The summed E-state index contributed by atoms with van der Waals surface area (Å²) in [7, 11) is 1.50. The zero-order chi connectivity index (χ0) is 4.28. The minimum absolute atomic E-state index is 0.421. The highest BCUT2D eigenvalue weighted by atomic mass is 32.1. The molecule has 0 aromatic rings. The predicted octanol–water partition coefficient (Wildman–Crippen LogP) is -0.195. The van der Waals surface area contributed by atoms with E-state index < -0.39 is 5.56 Å². The molecule has 3 heteroatoms. The Labute approximate surface area is 36.7 Å². The summed E-state index contributed by atoms with van der Waals surface area (Å²) in [5.41, 5.74) is 4.51. The fraction of sp³-hybridized carbons (Fsp3) is 1.00. The van der Waals surface area contributed by atoms with Crippen LogP contribution >= 0.6 is 12.6 Å². The third-order valence-electron chi connectivity index (χ3n) is 0.241. The van der Waals surface area contributed by atoms with Crippen LogP contribution in [0.4, 0.5) is 0 Å². The molecule has 5 heavy (non-hydrogen) atoms. The molecule has 0 aromatic heterocycles. The molecule has 0 heterocycles. The summed E-state index contributed by atoms with van der Waals surface area (Å²) < 4.78 is 4.39. The van der Waals surface area contributed by atoms with E-state index in [2.05, 4.69) is 17.4 Å². The molecule has 2 N–H and O–H groups in total. The van der Waals surface area contributed by atoms with Crippen molar-refractivity contribution in [2.75, 3.05) is 7.11 Å². The van der Waals surface area contributed by atoms with Gasteiger partial charge in [0.1, 0.15) is 0 Å². The van der Waals surface area contributed by atoms with Crippen LogP contribution in [-0.2, 0) is 4.74 Å². The number of hydrogen-bond donors (Lipinski definition) is 2. The molecular weight excluding hydrogens is 86.1 g/mol. The first-order valence-electron chi connectivity index (χ1n) is 1.24. The number of ether oxygens (including phenoxy) is 1. The second-order valence-electron chi connectivity index (χ2n) is 0.626. The standard InChI is InChI=1S/C2H7NOS/c1-4-2(3)5/h2,5H,3H2,1H3. The number of hydrogen-bond acceptors (Lipinski definition) is 3. The molecular formula is C2H7NOS. The van der Waals surface area contributed by atoms with Crippen LogP contribution in [0, 0.1) is 0 Å². The summed E-state index contributed by atoms with van der Waals surface area (Å²) in [4.78, 5) is 0. The molecule has 1 atom stereocenters. The lowest BCUT2D eigenvalue weighted by Crippen LogP contribution is -2.12. The molecule has 0 rings (SSSR count). The van der Waals surface area contributed by atoms with Crippen molar-refractivity contribution in [3.05, 3.63) is 0 Å². The number of nitrogens with two attached hydrogens (primary N) is 1. The molecule has 0 radical (unpaired) electrons. The van der Waals surface area contributed by atoms with Crippen LogP contribution < -0.4 is 5.73 Å². The molecule has 2 nitrogen and oxygen atoms in total. The Balaban J connectivity index is 2.54. The van der Waals surface area contributed by atoms with Gasteiger partial charge in [-0.15, -0.1) is 12.6 Å². The Kier molecular flexibility index (Phi) is 2.64. The lowest BCUT2D eigenvalue weighted by molar-refractivity contribution is 0.180. The van der Waals surface area contributed by atoms with Gasteiger partial charge < -0.3 is 4.74 Å². The molecule has 0 bridgehead atoms. The number of thiol groups is 1. The molecule has 0 aromatic carbocycles. The lowest BCUT2D eigenvalue weighted by atomic mass is 11.3. The van der Waals surface area contributed by atoms with Gasteiger partial charge in [0.2, 0.25) is 0 Å². The average molecular weight is 93.2 g/mol. The molecule has 0 aliphatic heterocycles. The van der Waals surface area contributed by atoms with E-state index in [1.165, 1.54) is 7.11 Å². The van der Waals surface area contributed by atoms with Gasteiger partial charge in [-0.05, 0) is 0 Å². The Bertz CT molecular complexity index is 23.6. The van der Waals surface area contributed by atoms with Crippen LogP contribution in [-0.4, -0.2) is 12.7 Å². The first-order valence-corrected chi connectivity index (χ1v) is 1.75. The van der Waals surface area contributed by atoms with E-state index in [0.29, 0.717) is 0 Å². The van der Waals surface area contributed by atoms with Gasteiger partial charge in [0.25, 0.3) is 0 Å². The Morgan fingerprint density at radius 3 is 2.20 bits per heavy atom. The quantitative estimate of drug-likeness (QED) is 0.348. The van der Waals surface area contributed by atoms with Crippen molar-refractivity contribution in [3.8, 4) is 0 Å². The second-order valence-corrected chi connectivity index (χ2v) is 1.14. The van der Waals surface area contributed by atoms with Gasteiger partial charge >= 0.3 is 0 Å². The SMILES string of the molecule is COC(N)S. The first-order chi connectivity index (χ1) is 2.27. The Hall–Kier alpha value is 0.270. The van der Waals surface area contributed by atoms with Gasteiger partial charge in [-0.1, -0.05) is 0 Å². The predicted molar refractivity (Wildman–Crippen MR) is 24.0 cm³/mol. The fourth-order valence-electron chi connectivity index (χ4n) is 0. The summed E-state index contributed by atoms with van der Waals surface area (Å²) >= 11 is 3.65. The zero-order valence-electron chi connectivity index (χ0n) is 3.01. The van der Waals surface area contributed by atoms with Crippen molar-refractivity contribution in [1.29, 1.82) is 0 Å². The molecule has 0 saturated carbocycles. The molecule has 0 fully saturated rings. The van der Waals surface area contributed by atoms with E-state index in [4.69, 9.17) is 5.73 Å². The molecule has 0 aliphatic rings. The van der Waals surface area contributed by atoms with Crippen LogP contribution in [0.15, 0.2) is 0 Å². The summed E-state index contributed by atoms with van der Waals surface area (Å²) in [6, 6.07) is 0. The van der Waals surface area contributed by atoms with Crippen molar-refractivity contribution < 1.29 is 4.74 Å². The molecule has 0 spiro atoms. The van der Waals surface area contributed by atoms with E-state index in [1.807, 2.05) is 0 Å². The maximum atomic E-state index is 4.93. The van der Waals surface area contributed by atoms with Crippen LogP contribution in [0.2, 0.25) is 0 Å². The molecule has 32 valence electrons. The van der Waals surface area contributed by atoms with E-state index in [0.717, 1.165) is 0 Å². The highest BCUT2D eigenvalue weighted by Crippen LogP contribution is 1.78. The minimum atomic E-state index is -0.421. The first kappa shape index (κ1) is 5.27. The van der Waals surface area contributed by atoms with E-state index >= 15 is 0 Å². The molecule has 0 aliphatic carbocycles. The van der Waals surface area contributed by atoms with Gasteiger partial charge in [-0.2, -0.15) is 0 Å². The summed E-state index contributed by atoms with van der Waals surface area (Å²) in [6.07, 6.45) is 0. The third-order valence-corrected chi connectivity index (χ3v) is 0.452. The van der Waals surface area contributed by atoms with Gasteiger partial charge in [0.05, 0.1) is 0 Å². The topological polar surface area (TPSA) is 35.2 Å². The highest BCUT2D eigenvalue weighted by Gasteiger charge is 1.79. The van der Waals surface area contributed by atoms with E-state index in [-0.39, 0.29) is 0 Å². The smallest absolute Gasteiger partial charge is 0.150 e. The van der Waals surface area contributed by atoms with Gasteiger partial charge in [-0.3, -0.25) is 5.73 Å². The van der Waals surface area contributed by atoms with Crippen LogP contribution in [0.25, 0.3) is 0 Å². The summed E-state index contributed by atoms with van der Waals surface area (Å²) in [5, 5.41) is 0. The van der Waals surface area contributed by atoms with Gasteiger partial charge in [-0.25, -0.2) is 0 Å². The minimum Gasteiger partial charge on any atom is -0.358 e. The lowest BCUT2D eigenvalue weighted by Gasteiger charge is -1.94. The second kappa shape index (κ2) is 2.50. The summed E-state index contributed by atoms with van der Waals surface area (Å²) in [6.45, 7) is 0. The fourth-order valence-corrected chi connectivity index (χ4v) is 0. The zero-order valence-corrected chi connectivity index (χ0v) is 3.90. The Morgan fingerprint density at radius 2 is 2.20 bits per heavy atom. The molecule has 1 unspecified atom stereocenters. The van der Waals surface area contributed by atoms with Crippen molar-refractivity contribution in [1.82, 2.24) is 0 Å². The van der Waals surface area contributed by atoms with Crippen LogP contribution in [0.1, 0.15) is 0 Å². The van der Waals surface area contributed by atoms with Crippen molar-refractivity contribution in [3.63, 3.8) is 0 Å². The number of methoxy groups -OCH3 is 1. The van der Waals surface area contributed by atoms with Crippen molar-refractivity contribution >= 4 is 12.6 Å². The average Bonchev–Trinajstić information content (AvgIpc) is 1.38. The maximum Gasteiger partial charge on any atom is 0.150 e. The van der Waals surface area contributed by atoms with E-state index in [9.17, 15) is 0 Å². The van der Waals surface area contributed by atoms with Gasteiger partial charge in [0, 0.05) is 7.11 Å². The van der Waals surface area contributed by atoms with Gasteiger partial charge in [0.15, 0.2) is 5.56 Å². The molecule has 0 saturated heterocycles. The van der Waals surface area contributed by atoms with E-state index in [1.54, 1.807) is 0 Å². The maximum absolute atomic E-state index is 4.93. The highest BCUT2D eigenvalue weighted by molar-refractivity contribution is 7.80. The molecule has 0 amide bonds. The monoisotopic (exact) mass is 93.0 g/mol. The third kappa shape index (κ3) is 4.27. The van der Waals surface area contributed by atoms with Crippen molar-refractivity contribution in [2.24, 2.45) is 5.73 Å². The Morgan fingerprint density at radius 1 is 2.00 bits per heavy atom. The van der Waals surface area contributed by atoms with Crippen LogP contribution in [0.3, 0.4) is 0 Å². The van der Waals surface area contributed by atoms with Crippen molar-refractivity contribution in [2.45, 2.75) is 5.56 Å². The largest absolute Gasteiger partial charge is 0.358 e.